The quantitative estimate of drug-likeness (QED) is 0.611. The molecule has 2 aromatic rings. The Balaban J connectivity index is 2.07. The van der Waals surface area contributed by atoms with Crippen LogP contribution in [0.4, 0.5) is 0 Å². The van der Waals surface area contributed by atoms with Gasteiger partial charge in [-0.05, 0) is 29.5 Å². The Hall–Kier alpha value is -1.60. The van der Waals surface area contributed by atoms with Crippen molar-refractivity contribution in [2.45, 2.75) is 58.0 Å². The smallest absolute Gasteiger partial charge is 0.0608 e. The molecule has 0 aliphatic carbocycles. The molecule has 0 spiro atoms. The fourth-order valence-corrected chi connectivity index (χ4v) is 3.09. The molecule has 0 heterocycles. The van der Waals surface area contributed by atoms with Crippen LogP contribution in [0.2, 0.25) is 0 Å². The Bertz CT molecular complexity index is 530. The minimum atomic E-state index is -0.223. The molecule has 2 aromatic carbocycles. The predicted octanol–water partition coefficient (Wildman–Crippen LogP) is 5.79. The summed E-state index contributed by atoms with van der Waals surface area (Å²) in [6, 6.07) is 19.1. The van der Waals surface area contributed by atoms with Gasteiger partial charge in [0.25, 0.3) is 0 Å². The summed E-state index contributed by atoms with van der Waals surface area (Å²) >= 11 is 0. The summed E-state index contributed by atoms with van der Waals surface area (Å²) in [5.41, 5.74) is 3.73. The molecule has 0 aliphatic heterocycles. The molecule has 1 heteroatoms. The van der Waals surface area contributed by atoms with E-state index in [9.17, 15) is 5.11 Å². The maximum absolute atomic E-state index is 10.5. The van der Waals surface area contributed by atoms with Crippen molar-refractivity contribution < 1.29 is 5.11 Å². The van der Waals surface area contributed by atoms with Crippen LogP contribution in [0.5, 0.6) is 0 Å². The zero-order valence-corrected chi connectivity index (χ0v) is 13.8. The van der Waals surface area contributed by atoms with Crippen LogP contribution >= 0.6 is 0 Å². The zero-order valence-electron chi connectivity index (χ0n) is 13.8. The van der Waals surface area contributed by atoms with E-state index in [1.165, 1.54) is 29.5 Å². The van der Waals surface area contributed by atoms with Gasteiger partial charge in [-0.25, -0.2) is 0 Å². The Morgan fingerprint density at radius 1 is 0.818 bits per heavy atom. The number of hydrogen-bond acceptors (Lipinski definition) is 1. The van der Waals surface area contributed by atoms with Crippen LogP contribution in [0.15, 0.2) is 54.6 Å². The standard InChI is InChI=1S/C21H28O/c1-3-5-7-12-21(22)20(4-2)19-15-13-18(14-16-19)17-10-8-6-9-11-17/h6,8-11,13-16,20-22H,3-5,7,12H2,1-2H3. The van der Waals surface area contributed by atoms with E-state index in [4.69, 9.17) is 0 Å². The second-order valence-corrected chi connectivity index (χ2v) is 6.07. The first-order valence-electron chi connectivity index (χ1n) is 8.59. The largest absolute Gasteiger partial charge is 0.392 e. The lowest BCUT2D eigenvalue weighted by Gasteiger charge is -2.22. The zero-order chi connectivity index (χ0) is 15.8. The van der Waals surface area contributed by atoms with Crippen LogP contribution in [0.3, 0.4) is 0 Å². The minimum Gasteiger partial charge on any atom is -0.392 e. The Labute approximate surface area is 135 Å². The van der Waals surface area contributed by atoms with Crippen molar-refractivity contribution in [3.05, 3.63) is 60.2 Å². The van der Waals surface area contributed by atoms with Crippen molar-refractivity contribution in [1.82, 2.24) is 0 Å². The van der Waals surface area contributed by atoms with Crippen LogP contribution in [0.1, 0.15) is 57.4 Å². The number of hydrogen-bond donors (Lipinski definition) is 1. The number of unbranched alkanes of at least 4 members (excludes halogenated alkanes) is 2. The molecule has 0 aliphatic rings. The van der Waals surface area contributed by atoms with Crippen molar-refractivity contribution >= 4 is 0 Å². The van der Waals surface area contributed by atoms with Crippen LogP contribution < -0.4 is 0 Å². The van der Waals surface area contributed by atoms with Crippen LogP contribution in [0, 0.1) is 0 Å². The second kappa shape index (κ2) is 8.75. The van der Waals surface area contributed by atoms with Crippen molar-refractivity contribution in [2.75, 3.05) is 0 Å². The predicted molar refractivity (Wildman–Crippen MR) is 95.1 cm³/mol. The summed E-state index contributed by atoms with van der Waals surface area (Å²) in [4.78, 5) is 0. The van der Waals surface area contributed by atoms with Gasteiger partial charge in [-0.3, -0.25) is 0 Å². The van der Waals surface area contributed by atoms with Gasteiger partial charge in [0.2, 0.25) is 0 Å². The third kappa shape index (κ3) is 4.45. The number of aliphatic hydroxyl groups excluding tert-OH is 1. The van der Waals surface area contributed by atoms with Crippen LogP contribution in [0.25, 0.3) is 11.1 Å². The van der Waals surface area contributed by atoms with Gasteiger partial charge in [0, 0.05) is 5.92 Å². The van der Waals surface area contributed by atoms with Gasteiger partial charge < -0.3 is 5.11 Å². The van der Waals surface area contributed by atoms with Crippen molar-refractivity contribution in [3.63, 3.8) is 0 Å². The van der Waals surface area contributed by atoms with E-state index in [-0.39, 0.29) is 12.0 Å². The summed E-state index contributed by atoms with van der Waals surface area (Å²) in [6.45, 7) is 4.37. The Kier molecular flexibility index (Phi) is 6.67. The number of aliphatic hydroxyl groups is 1. The summed E-state index contributed by atoms with van der Waals surface area (Å²) in [5, 5.41) is 10.5. The van der Waals surface area contributed by atoms with Crippen molar-refractivity contribution in [1.29, 1.82) is 0 Å². The summed E-state index contributed by atoms with van der Waals surface area (Å²) in [7, 11) is 0. The molecule has 1 N–H and O–H groups in total. The fourth-order valence-electron chi connectivity index (χ4n) is 3.09. The third-order valence-electron chi connectivity index (χ3n) is 4.45. The topological polar surface area (TPSA) is 20.2 Å². The van der Waals surface area contributed by atoms with Gasteiger partial charge in [0.1, 0.15) is 0 Å². The van der Waals surface area contributed by atoms with E-state index in [1.54, 1.807) is 0 Å². The SMILES string of the molecule is CCCCCC(O)C(CC)c1ccc(-c2ccccc2)cc1. The molecule has 0 saturated carbocycles. The molecule has 0 fully saturated rings. The maximum Gasteiger partial charge on any atom is 0.0608 e. The van der Waals surface area contributed by atoms with E-state index in [1.807, 2.05) is 6.07 Å². The van der Waals surface area contributed by atoms with E-state index >= 15 is 0 Å². The van der Waals surface area contributed by atoms with E-state index in [0.29, 0.717) is 0 Å². The molecule has 0 radical (unpaired) electrons. The lowest BCUT2D eigenvalue weighted by molar-refractivity contribution is 0.128. The van der Waals surface area contributed by atoms with Gasteiger partial charge in [0.15, 0.2) is 0 Å². The van der Waals surface area contributed by atoms with Gasteiger partial charge in [-0.15, -0.1) is 0 Å². The minimum absolute atomic E-state index is 0.223. The molecule has 0 bridgehead atoms. The Morgan fingerprint density at radius 3 is 2.05 bits per heavy atom. The molecule has 2 rings (SSSR count). The maximum atomic E-state index is 10.5. The average molecular weight is 296 g/mol. The summed E-state index contributed by atoms with van der Waals surface area (Å²) < 4.78 is 0. The normalized spacial score (nSPS) is 13.8. The molecule has 118 valence electrons. The molecular weight excluding hydrogens is 268 g/mol. The second-order valence-electron chi connectivity index (χ2n) is 6.07. The highest BCUT2D eigenvalue weighted by molar-refractivity contribution is 5.63. The molecule has 22 heavy (non-hydrogen) atoms. The average Bonchev–Trinajstić information content (AvgIpc) is 2.57. The molecule has 2 unspecified atom stereocenters. The highest BCUT2D eigenvalue weighted by Crippen LogP contribution is 2.28. The molecule has 2 atom stereocenters. The number of benzene rings is 2. The third-order valence-corrected chi connectivity index (χ3v) is 4.45. The Morgan fingerprint density at radius 2 is 1.45 bits per heavy atom. The van der Waals surface area contributed by atoms with Gasteiger partial charge in [-0.2, -0.15) is 0 Å². The highest BCUT2D eigenvalue weighted by Gasteiger charge is 2.18. The summed E-state index contributed by atoms with van der Waals surface area (Å²) in [6.07, 6.45) is 5.20. The van der Waals surface area contributed by atoms with E-state index in [0.717, 1.165) is 19.3 Å². The lowest BCUT2D eigenvalue weighted by atomic mass is 9.87. The first-order chi connectivity index (χ1) is 10.8. The molecule has 0 amide bonds. The monoisotopic (exact) mass is 296 g/mol. The lowest BCUT2D eigenvalue weighted by Crippen LogP contribution is -2.17. The van der Waals surface area contributed by atoms with Gasteiger partial charge in [-0.1, -0.05) is 87.7 Å². The molecule has 0 aromatic heterocycles. The first-order valence-corrected chi connectivity index (χ1v) is 8.59. The number of rotatable bonds is 8. The van der Waals surface area contributed by atoms with Crippen molar-refractivity contribution in [2.24, 2.45) is 0 Å². The summed E-state index contributed by atoms with van der Waals surface area (Å²) in [5.74, 6) is 0.252. The molecule has 0 saturated heterocycles. The highest BCUT2D eigenvalue weighted by atomic mass is 16.3. The van der Waals surface area contributed by atoms with Crippen LogP contribution in [-0.2, 0) is 0 Å². The fraction of sp³-hybridized carbons (Fsp3) is 0.429. The first kappa shape index (κ1) is 16.8. The van der Waals surface area contributed by atoms with E-state index in [2.05, 4.69) is 62.4 Å². The van der Waals surface area contributed by atoms with Gasteiger partial charge in [0.05, 0.1) is 6.10 Å². The van der Waals surface area contributed by atoms with Crippen LogP contribution in [-0.4, -0.2) is 11.2 Å². The van der Waals surface area contributed by atoms with Gasteiger partial charge >= 0.3 is 0 Å². The van der Waals surface area contributed by atoms with E-state index < -0.39 is 0 Å². The van der Waals surface area contributed by atoms with Crippen molar-refractivity contribution in [3.8, 4) is 11.1 Å². The molecule has 1 nitrogen and oxygen atoms in total. The molecular formula is C21H28O.